The van der Waals surface area contributed by atoms with Crippen molar-refractivity contribution in [2.45, 2.75) is 57.8 Å². The Labute approximate surface area is 402 Å². The standard InChI is InChI=1S/C67H55N/c1-65(2,3)50-30-36-58-59-37-31-51(66(4,5)6)42-63(59)67(62(58)41-50)61-40-48(47-21-15-22-49(39-47)56-26-16-20-46-19-13-14-25-55(46)56)29-35-57(61)60-38-34-54(43-64(60)67)68(52-23-11-8-12-24-52)53-32-27-45(28-33-53)44-17-9-7-10-18-44/h7-43H,1-6H3. The molecule has 0 fully saturated rings. The maximum absolute atomic E-state index is 2.56. The van der Waals surface area contributed by atoms with Gasteiger partial charge in [0.15, 0.2) is 0 Å². The first-order valence-electron chi connectivity index (χ1n) is 24.2. The van der Waals surface area contributed by atoms with E-state index in [-0.39, 0.29) is 10.8 Å². The molecule has 0 saturated heterocycles. The fourth-order valence-electron chi connectivity index (χ4n) is 11.3. The van der Waals surface area contributed by atoms with Crippen molar-refractivity contribution in [2.75, 3.05) is 4.90 Å². The molecule has 0 unspecified atom stereocenters. The zero-order valence-electron chi connectivity index (χ0n) is 39.8. The van der Waals surface area contributed by atoms with E-state index in [1.807, 2.05) is 0 Å². The Kier molecular flexibility index (Phi) is 9.61. The van der Waals surface area contributed by atoms with Crippen LogP contribution in [0.15, 0.2) is 224 Å². The zero-order valence-corrected chi connectivity index (χ0v) is 39.8. The molecular formula is C67H55N. The minimum absolute atomic E-state index is 0.0480. The molecule has 2 aliphatic rings. The molecular weight excluding hydrogens is 819 g/mol. The number of para-hydroxylation sites is 1. The van der Waals surface area contributed by atoms with Gasteiger partial charge in [0, 0.05) is 17.1 Å². The number of hydrogen-bond acceptors (Lipinski definition) is 1. The molecule has 0 heterocycles. The van der Waals surface area contributed by atoms with Crippen LogP contribution in [0.3, 0.4) is 0 Å². The second-order valence-corrected chi connectivity index (χ2v) is 21.0. The quantitative estimate of drug-likeness (QED) is 0.161. The zero-order chi connectivity index (χ0) is 46.4. The van der Waals surface area contributed by atoms with Crippen LogP contribution >= 0.6 is 0 Å². The lowest BCUT2D eigenvalue weighted by Gasteiger charge is -2.34. The van der Waals surface area contributed by atoms with Crippen molar-refractivity contribution in [3.8, 4) is 55.6 Å². The van der Waals surface area contributed by atoms with E-state index in [1.54, 1.807) is 0 Å². The summed E-state index contributed by atoms with van der Waals surface area (Å²) in [4.78, 5) is 2.43. The van der Waals surface area contributed by atoms with Gasteiger partial charge in [-0.3, -0.25) is 0 Å². The van der Waals surface area contributed by atoms with Crippen molar-refractivity contribution in [3.63, 3.8) is 0 Å². The summed E-state index contributed by atoms with van der Waals surface area (Å²) in [5.74, 6) is 0. The lowest BCUT2D eigenvalue weighted by molar-refractivity contribution is 0.586. The monoisotopic (exact) mass is 873 g/mol. The van der Waals surface area contributed by atoms with E-state index in [0.717, 1.165) is 17.1 Å². The van der Waals surface area contributed by atoms with Crippen molar-refractivity contribution in [1.82, 2.24) is 0 Å². The topological polar surface area (TPSA) is 3.24 Å². The third-order valence-electron chi connectivity index (χ3n) is 14.8. The second-order valence-electron chi connectivity index (χ2n) is 21.0. The number of nitrogens with zero attached hydrogens (tertiary/aromatic N) is 1. The van der Waals surface area contributed by atoms with Gasteiger partial charge in [0.25, 0.3) is 0 Å². The molecule has 2 aliphatic carbocycles. The molecule has 1 spiro atoms. The molecule has 1 nitrogen and oxygen atoms in total. The van der Waals surface area contributed by atoms with Crippen molar-refractivity contribution < 1.29 is 0 Å². The van der Waals surface area contributed by atoms with Gasteiger partial charge < -0.3 is 4.90 Å². The average molecular weight is 874 g/mol. The highest BCUT2D eigenvalue weighted by Crippen LogP contribution is 2.64. The largest absolute Gasteiger partial charge is 0.310 e. The van der Waals surface area contributed by atoms with Crippen LogP contribution in [0.25, 0.3) is 66.4 Å². The van der Waals surface area contributed by atoms with E-state index in [9.17, 15) is 0 Å². The number of hydrogen-bond donors (Lipinski definition) is 0. The molecule has 0 aromatic heterocycles. The lowest BCUT2D eigenvalue weighted by Crippen LogP contribution is -2.27. The van der Waals surface area contributed by atoms with Crippen molar-refractivity contribution in [2.24, 2.45) is 0 Å². The van der Waals surface area contributed by atoms with Crippen molar-refractivity contribution in [3.05, 3.63) is 258 Å². The van der Waals surface area contributed by atoms with Crippen LogP contribution in [0.1, 0.15) is 74.9 Å². The van der Waals surface area contributed by atoms with Gasteiger partial charge in [-0.1, -0.05) is 217 Å². The summed E-state index contributed by atoms with van der Waals surface area (Å²) in [6.07, 6.45) is 0. The summed E-state index contributed by atoms with van der Waals surface area (Å²) >= 11 is 0. The minimum atomic E-state index is -0.587. The number of rotatable bonds is 6. The SMILES string of the molecule is CC(C)(C)c1ccc2c(c1)C1(c3cc(-c4cccc(-c5cccc6ccccc56)c4)ccc3-c3ccc(N(c4ccccc4)c4ccc(-c5ccccc5)cc4)cc31)c1cc(C(C)(C)C)ccc1-2. The van der Waals surface area contributed by atoms with Gasteiger partial charge in [-0.2, -0.15) is 0 Å². The van der Waals surface area contributed by atoms with Crippen LogP contribution in [-0.4, -0.2) is 0 Å². The van der Waals surface area contributed by atoms with E-state index >= 15 is 0 Å². The Balaban J connectivity index is 1.12. The third kappa shape index (κ3) is 6.67. The van der Waals surface area contributed by atoms with Crippen LogP contribution in [0, 0.1) is 0 Å². The summed E-state index contributed by atoms with van der Waals surface area (Å²) in [7, 11) is 0. The third-order valence-corrected chi connectivity index (χ3v) is 14.8. The van der Waals surface area contributed by atoms with Crippen LogP contribution in [0.2, 0.25) is 0 Å². The molecule has 1 heteroatoms. The Morgan fingerprint density at radius 3 is 1.40 bits per heavy atom. The van der Waals surface area contributed by atoms with Gasteiger partial charge in [-0.05, 0) is 159 Å². The van der Waals surface area contributed by atoms with E-state index in [4.69, 9.17) is 0 Å². The fourth-order valence-corrected chi connectivity index (χ4v) is 11.3. The normalized spacial score (nSPS) is 13.3. The predicted octanol–water partition coefficient (Wildman–Crippen LogP) is 18.2. The van der Waals surface area contributed by atoms with Gasteiger partial charge >= 0.3 is 0 Å². The highest BCUT2D eigenvalue weighted by atomic mass is 15.1. The Hall–Kier alpha value is -7.74. The van der Waals surface area contributed by atoms with Crippen LogP contribution in [0.5, 0.6) is 0 Å². The van der Waals surface area contributed by atoms with Gasteiger partial charge in [0.1, 0.15) is 0 Å². The Morgan fingerprint density at radius 1 is 0.294 bits per heavy atom. The number of anilines is 3. The van der Waals surface area contributed by atoms with Crippen LogP contribution in [0.4, 0.5) is 17.1 Å². The van der Waals surface area contributed by atoms with Gasteiger partial charge in [-0.15, -0.1) is 0 Å². The molecule has 328 valence electrons. The number of benzene rings is 10. The molecule has 10 aromatic carbocycles. The van der Waals surface area contributed by atoms with Crippen molar-refractivity contribution >= 4 is 27.8 Å². The van der Waals surface area contributed by atoms with Crippen LogP contribution in [-0.2, 0) is 16.2 Å². The summed E-state index contributed by atoms with van der Waals surface area (Å²) in [6.45, 7) is 14.1. The smallest absolute Gasteiger partial charge is 0.0726 e. The van der Waals surface area contributed by atoms with E-state index in [2.05, 4.69) is 271 Å². The summed E-state index contributed by atoms with van der Waals surface area (Å²) in [5.41, 5.74) is 23.3. The van der Waals surface area contributed by atoms with Gasteiger partial charge in [0.2, 0.25) is 0 Å². The Bertz CT molecular complexity index is 3500. The summed E-state index contributed by atoms with van der Waals surface area (Å²) in [5, 5.41) is 2.52. The molecule has 12 rings (SSSR count). The van der Waals surface area contributed by atoms with E-state index in [1.165, 1.54) is 99.8 Å². The molecule has 0 atom stereocenters. The van der Waals surface area contributed by atoms with Crippen LogP contribution < -0.4 is 4.90 Å². The first-order chi connectivity index (χ1) is 33.0. The highest BCUT2D eigenvalue weighted by Gasteiger charge is 2.52. The number of fused-ring (bicyclic) bond motifs is 11. The maximum atomic E-state index is 2.56. The van der Waals surface area contributed by atoms with Crippen molar-refractivity contribution in [1.29, 1.82) is 0 Å². The summed E-state index contributed by atoms with van der Waals surface area (Å²) < 4.78 is 0. The maximum Gasteiger partial charge on any atom is 0.0726 e. The lowest BCUT2D eigenvalue weighted by atomic mass is 9.68. The Morgan fingerprint density at radius 2 is 0.735 bits per heavy atom. The molecule has 0 radical (unpaired) electrons. The van der Waals surface area contributed by atoms with E-state index < -0.39 is 5.41 Å². The second kappa shape index (κ2) is 15.7. The molecule has 0 bridgehead atoms. The molecule has 68 heavy (non-hydrogen) atoms. The van der Waals surface area contributed by atoms with E-state index in [0.29, 0.717) is 0 Å². The first kappa shape index (κ1) is 41.7. The minimum Gasteiger partial charge on any atom is -0.310 e. The molecule has 0 aliphatic heterocycles. The van der Waals surface area contributed by atoms with Gasteiger partial charge in [0.05, 0.1) is 5.41 Å². The van der Waals surface area contributed by atoms with Gasteiger partial charge in [-0.25, -0.2) is 0 Å². The molecule has 0 saturated carbocycles. The molecule has 10 aromatic rings. The summed E-state index contributed by atoms with van der Waals surface area (Å²) in [6, 6.07) is 84.4. The first-order valence-corrected chi connectivity index (χ1v) is 24.2. The molecule has 0 amide bonds. The average Bonchev–Trinajstić information content (AvgIpc) is 3.82. The highest BCUT2D eigenvalue weighted by molar-refractivity contribution is 5.99. The fraction of sp³-hybridized carbons (Fsp3) is 0.134. The molecule has 0 N–H and O–H groups in total. The predicted molar refractivity (Wildman–Crippen MR) is 289 cm³/mol.